The average molecular weight is 598 g/mol. The van der Waals surface area contributed by atoms with Crippen molar-refractivity contribution in [2.75, 3.05) is 26.9 Å². The van der Waals surface area contributed by atoms with Gasteiger partial charge < -0.3 is 84.2 Å². The van der Waals surface area contributed by atoms with Crippen molar-refractivity contribution in [3.8, 4) is 0 Å². The van der Waals surface area contributed by atoms with Gasteiger partial charge in [-0.05, 0) is 0 Å². The number of ether oxygens (including phenoxy) is 6. The first-order valence-corrected chi connectivity index (χ1v) is 13.3. The Balaban J connectivity index is 1.86. The van der Waals surface area contributed by atoms with Crippen molar-refractivity contribution in [3.05, 3.63) is 0 Å². The number of phosphoric ester groups is 1. The Bertz CT molecular complexity index is 812. The lowest BCUT2D eigenvalue weighted by Gasteiger charge is -2.48. The van der Waals surface area contributed by atoms with Crippen LogP contribution in [0.15, 0.2) is 0 Å². The second-order valence-corrected chi connectivity index (χ2v) is 10.3. The van der Waals surface area contributed by atoms with Crippen LogP contribution in [0.25, 0.3) is 0 Å². The predicted molar refractivity (Wildman–Crippen MR) is 117 cm³/mol. The largest absolute Gasteiger partial charge is 0.470 e. The van der Waals surface area contributed by atoms with Crippen LogP contribution in [-0.2, 0) is 37.5 Å². The second kappa shape index (κ2) is 13.7. The number of aliphatic hydroxyl groups is 9. The molecule has 20 heteroatoms. The summed E-state index contributed by atoms with van der Waals surface area (Å²) in [5.41, 5.74) is 0. The topological polar surface area (TPSA) is 304 Å². The summed E-state index contributed by atoms with van der Waals surface area (Å²) in [6.07, 6.45) is -26.4. The third-order valence-electron chi connectivity index (χ3n) is 6.54. The molecule has 3 saturated heterocycles. The van der Waals surface area contributed by atoms with E-state index in [-0.39, 0.29) is 0 Å². The van der Waals surface area contributed by atoms with Gasteiger partial charge in [-0.15, -0.1) is 0 Å². The lowest BCUT2D eigenvalue weighted by atomic mass is 9.96. The van der Waals surface area contributed by atoms with Crippen molar-refractivity contribution in [1.82, 2.24) is 0 Å². The summed E-state index contributed by atoms with van der Waals surface area (Å²) >= 11 is 0. The molecule has 15 atom stereocenters. The van der Waals surface area contributed by atoms with Crippen LogP contribution in [0.5, 0.6) is 0 Å². The molecular weight excluding hydrogens is 563 g/mol. The molecule has 3 aliphatic rings. The van der Waals surface area contributed by atoms with E-state index >= 15 is 0 Å². The Morgan fingerprint density at radius 2 is 1.05 bits per heavy atom. The number of hydrogen-bond donors (Lipinski definition) is 11. The van der Waals surface area contributed by atoms with Gasteiger partial charge in [0.15, 0.2) is 18.9 Å². The SMILES string of the molecule is CO[C@H]1O[C@H](CO)[C@@H](O[C@H]2O[C@H](CO)[C@@H](O[C@H]3O[C@H](CO)[C@@H](O)[C@H](O)[C@H]3O)[C@H](OP(=O)(O)O)[C@H]2O)[C@H](O)[C@H]1O. The molecule has 0 bridgehead atoms. The molecule has 11 N–H and O–H groups in total. The fraction of sp³-hybridized carbons (Fsp3) is 1.00. The lowest BCUT2D eigenvalue weighted by Crippen LogP contribution is -2.67. The first-order chi connectivity index (χ1) is 18.3. The van der Waals surface area contributed by atoms with Crippen molar-refractivity contribution in [2.24, 2.45) is 0 Å². The molecule has 0 aliphatic carbocycles. The van der Waals surface area contributed by atoms with E-state index in [1.165, 1.54) is 0 Å². The van der Waals surface area contributed by atoms with Gasteiger partial charge in [-0.3, -0.25) is 4.52 Å². The molecule has 0 spiro atoms. The summed E-state index contributed by atoms with van der Waals surface area (Å²) in [7, 11) is -4.25. The monoisotopic (exact) mass is 598 g/mol. The van der Waals surface area contributed by atoms with Gasteiger partial charge in [0.05, 0.1) is 19.8 Å². The highest BCUT2D eigenvalue weighted by Gasteiger charge is 2.55. The van der Waals surface area contributed by atoms with Crippen molar-refractivity contribution in [1.29, 1.82) is 0 Å². The van der Waals surface area contributed by atoms with E-state index in [2.05, 4.69) is 4.52 Å². The number of aliphatic hydroxyl groups excluding tert-OH is 9. The Labute approximate surface area is 220 Å². The average Bonchev–Trinajstić information content (AvgIpc) is 2.89. The summed E-state index contributed by atoms with van der Waals surface area (Å²) in [4.78, 5) is 18.9. The summed E-state index contributed by atoms with van der Waals surface area (Å²) < 4.78 is 48.3. The van der Waals surface area contributed by atoms with Crippen LogP contribution in [0.4, 0.5) is 0 Å². The van der Waals surface area contributed by atoms with Crippen molar-refractivity contribution in [2.45, 2.75) is 92.1 Å². The molecule has 0 aromatic carbocycles. The molecule has 3 heterocycles. The maximum absolute atomic E-state index is 11.7. The molecule has 19 nitrogen and oxygen atoms in total. The third-order valence-corrected chi connectivity index (χ3v) is 7.06. The maximum atomic E-state index is 11.7. The van der Waals surface area contributed by atoms with Gasteiger partial charge in [0.1, 0.15) is 73.2 Å². The molecular formula is C19H35O19P. The van der Waals surface area contributed by atoms with Crippen molar-refractivity contribution < 1.29 is 93.3 Å². The van der Waals surface area contributed by atoms with Gasteiger partial charge in [0, 0.05) is 7.11 Å². The van der Waals surface area contributed by atoms with Gasteiger partial charge in [-0.1, -0.05) is 0 Å². The molecule has 0 aromatic rings. The van der Waals surface area contributed by atoms with Crippen molar-refractivity contribution in [3.63, 3.8) is 0 Å². The van der Waals surface area contributed by atoms with E-state index in [4.69, 9.17) is 28.4 Å². The Kier molecular flexibility index (Phi) is 11.6. The summed E-state index contributed by atoms with van der Waals surface area (Å²) in [6, 6.07) is 0. The summed E-state index contributed by atoms with van der Waals surface area (Å²) in [5.74, 6) is 0. The molecule has 3 rings (SSSR count). The highest BCUT2D eigenvalue weighted by atomic mass is 31.2. The second-order valence-electron chi connectivity index (χ2n) is 9.12. The van der Waals surface area contributed by atoms with Crippen LogP contribution in [0, 0.1) is 0 Å². The van der Waals surface area contributed by atoms with E-state index in [0.717, 1.165) is 7.11 Å². The number of rotatable bonds is 10. The summed E-state index contributed by atoms with van der Waals surface area (Å²) in [5, 5.41) is 90.9. The van der Waals surface area contributed by atoms with Crippen molar-refractivity contribution >= 4 is 7.82 Å². The van der Waals surface area contributed by atoms with Gasteiger partial charge in [0.25, 0.3) is 0 Å². The van der Waals surface area contributed by atoms with E-state index in [1.807, 2.05) is 0 Å². The zero-order chi connectivity index (χ0) is 29.2. The fourth-order valence-corrected chi connectivity index (χ4v) is 5.06. The van der Waals surface area contributed by atoms with Crippen LogP contribution in [0.3, 0.4) is 0 Å². The number of phosphoric acid groups is 1. The van der Waals surface area contributed by atoms with E-state index < -0.39 is 120 Å². The van der Waals surface area contributed by atoms with Crippen LogP contribution in [0.2, 0.25) is 0 Å². The predicted octanol–water partition coefficient (Wildman–Crippen LogP) is -6.80. The van der Waals surface area contributed by atoms with Gasteiger partial charge in [-0.2, -0.15) is 0 Å². The third kappa shape index (κ3) is 7.30. The zero-order valence-corrected chi connectivity index (χ0v) is 21.3. The molecule has 39 heavy (non-hydrogen) atoms. The van der Waals surface area contributed by atoms with E-state index in [9.17, 15) is 60.3 Å². The zero-order valence-electron chi connectivity index (χ0n) is 20.4. The molecule has 0 saturated carbocycles. The number of hydrogen-bond acceptors (Lipinski definition) is 17. The highest BCUT2D eigenvalue weighted by Crippen LogP contribution is 2.43. The minimum Gasteiger partial charge on any atom is -0.394 e. The Morgan fingerprint density at radius 1 is 0.590 bits per heavy atom. The van der Waals surface area contributed by atoms with E-state index in [1.54, 1.807) is 0 Å². The molecule has 0 unspecified atom stereocenters. The van der Waals surface area contributed by atoms with Gasteiger partial charge in [-0.25, -0.2) is 4.57 Å². The fourth-order valence-electron chi connectivity index (χ4n) is 4.50. The van der Waals surface area contributed by atoms with Crippen LogP contribution >= 0.6 is 7.82 Å². The first kappa shape index (κ1) is 33.0. The standard InChI is InChI=1S/C19H35O19P/c1-32-17-12(27)10(25)14(6(3-21)34-17)36-19-13(28)16(38-39(29,30)31)15(7(4-22)35-19)37-18-11(26)9(24)8(23)5(2-20)33-18/h5-28H,2-4H2,1H3,(H2,29,30,31)/t5-,6-,7-,8-,9+,10-,11-,12-,13-,14-,15-,16-,17+,18-,19-/m1/s1. The van der Waals surface area contributed by atoms with Crippen LogP contribution < -0.4 is 0 Å². The molecule has 3 aliphatic heterocycles. The summed E-state index contributed by atoms with van der Waals surface area (Å²) in [6.45, 7) is -2.58. The highest BCUT2D eigenvalue weighted by molar-refractivity contribution is 7.46. The molecule has 0 amide bonds. The van der Waals surface area contributed by atoms with Crippen LogP contribution in [-0.4, -0.2) is 175 Å². The molecule has 3 fully saturated rings. The molecule has 0 radical (unpaired) electrons. The van der Waals surface area contributed by atoms with Gasteiger partial charge >= 0.3 is 7.82 Å². The van der Waals surface area contributed by atoms with E-state index in [0.29, 0.717) is 0 Å². The molecule has 230 valence electrons. The molecule has 0 aromatic heterocycles. The minimum atomic E-state index is -5.41. The Hall–Kier alpha value is -0.490. The van der Waals surface area contributed by atoms with Gasteiger partial charge in [0.2, 0.25) is 0 Å². The minimum absolute atomic E-state index is 0.772. The lowest BCUT2D eigenvalue weighted by molar-refractivity contribution is -0.377. The van der Waals surface area contributed by atoms with Crippen LogP contribution in [0.1, 0.15) is 0 Å². The normalized spacial score (nSPS) is 47.7. The quantitative estimate of drug-likeness (QED) is 0.104. The smallest absolute Gasteiger partial charge is 0.394 e. The number of methoxy groups -OCH3 is 1. The first-order valence-electron chi connectivity index (χ1n) is 11.7. The maximum Gasteiger partial charge on any atom is 0.470 e. The Morgan fingerprint density at radius 3 is 1.59 bits per heavy atom.